The largest absolute Gasteiger partial charge is 0.376 e. The van der Waals surface area contributed by atoms with Crippen LogP contribution < -0.4 is 10.6 Å². The lowest BCUT2D eigenvalue weighted by Crippen LogP contribution is -2.49. The average molecular weight is 274 g/mol. The third kappa shape index (κ3) is 4.49. The predicted octanol–water partition coefficient (Wildman–Crippen LogP) is 0.397. The molecule has 0 saturated carbocycles. The molecule has 104 valence electrons. The molecule has 0 bridgehead atoms. The molecule has 1 fully saturated rings. The summed E-state index contributed by atoms with van der Waals surface area (Å²) in [5, 5.41) is 5.24. The molecule has 0 radical (unpaired) electrons. The molecule has 1 unspecified atom stereocenters. The Morgan fingerprint density at radius 2 is 2.00 bits per heavy atom. The third-order valence-corrected chi connectivity index (χ3v) is 4.17. The highest BCUT2D eigenvalue weighted by Gasteiger charge is 2.35. The van der Waals surface area contributed by atoms with E-state index in [-0.39, 0.29) is 5.60 Å². The number of hydrogen-bond acceptors (Lipinski definition) is 4. The molecule has 0 aromatic rings. The van der Waals surface area contributed by atoms with E-state index in [9.17, 15) is 9.59 Å². The minimum absolute atomic E-state index is 0.307. The maximum atomic E-state index is 11.6. The second-order valence-corrected chi connectivity index (χ2v) is 6.08. The first-order valence-electron chi connectivity index (χ1n) is 6.18. The number of amides is 2. The fourth-order valence-corrected chi connectivity index (χ4v) is 3.06. The molecule has 0 spiro atoms. The van der Waals surface area contributed by atoms with Crippen molar-refractivity contribution >= 4 is 23.6 Å². The minimum Gasteiger partial charge on any atom is -0.376 e. The van der Waals surface area contributed by atoms with E-state index in [0.29, 0.717) is 19.0 Å². The van der Waals surface area contributed by atoms with Gasteiger partial charge in [0.15, 0.2) is 0 Å². The Labute approximate surface area is 112 Å². The Bertz CT molecular complexity index is 302. The van der Waals surface area contributed by atoms with Crippen molar-refractivity contribution in [2.45, 2.75) is 25.9 Å². The monoisotopic (exact) mass is 274 g/mol. The molecule has 18 heavy (non-hydrogen) atoms. The van der Waals surface area contributed by atoms with Crippen LogP contribution in [0.2, 0.25) is 0 Å². The standard InChI is InChI=1S/C12H22N2O3S/c1-9(2)6-13-10(15)11(16)14-7-12(17-3)4-5-18-8-12/h9H,4-8H2,1-3H3,(H,13,15)(H,14,16). The van der Waals surface area contributed by atoms with Crippen molar-refractivity contribution in [1.29, 1.82) is 0 Å². The second kappa shape index (κ2) is 6.99. The quantitative estimate of drug-likeness (QED) is 0.712. The molecule has 1 aliphatic rings. The maximum Gasteiger partial charge on any atom is 0.309 e. The van der Waals surface area contributed by atoms with Crippen LogP contribution in [0.5, 0.6) is 0 Å². The van der Waals surface area contributed by atoms with Gasteiger partial charge in [-0.05, 0) is 18.1 Å². The second-order valence-electron chi connectivity index (χ2n) is 4.98. The lowest BCUT2D eigenvalue weighted by atomic mass is 10.0. The van der Waals surface area contributed by atoms with Crippen LogP contribution >= 0.6 is 11.8 Å². The van der Waals surface area contributed by atoms with Crippen LogP contribution in [0.15, 0.2) is 0 Å². The third-order valence-electron chi connectivity index (χ3n) is 2.95. The van der Waals surface area contributed by atoms with Gasteiger partial charge in [0.2, 0.25) is 0 Å². The first-order valence-corrected chi connectivity index (χ1v) is 7.33. The van der Waals surface area contributed by atoms with Crippen LogP contribution in [0.1, 0.15) is 20.3 Å². The number of nitrogens with one attached hydrogen (secondary N) is 2. The van der Waals surface area contributed by atoms with Crippen molar-refractivity contribution in [3.05, 3.63) is 0 Å². The number of ether oxygens (including phenoxy) is 1. The molecule has 2 amide bonds. The van der Waals surface area contributed by atoms with E-state index in [2.05, 4.69) is 10.6 Å². The van der Waals surface area contributed by atoms with Gasteiger partial charge in [-0.25, -0.2) is 0 Å². The average Bonchev–Trinajstić information content (AvgIpc) is 2.82. The van der Waals surface area contributed by atoms with E-state index in [4.69, 9.17) is 4.74 Å². The summed E-state index contributed by atoms with van der Waals surface area (Å²) < 4.78 is 5.46. The summed E-state index contributed by atoms with van der Waals surface area (Å²) in [4.78, 5) is 23.1. The van der Waals surface area contributed by atoms with Gasteiger partial charge in [0, 0.05) is 26.0 Å². The van der Waals surface area contributed by atoms with Gasteiger partial charge in [-0.2, -0.15) is 11.8 Å². The van der Waals surface area contributed by atoms with Crippen molar-refractivity contribution < 1.29 is 14.3 Å². The van der Waals surface area contributed by atoms with E-state index in [0.717, 1.165) is 17.9 Å². The first kappa shape index (κ1) is 15.3. The highest BCUT2D eigenvalue weighted by molar-refractivity contribution is 7.99. The zero-order chi connectivity index (χ0) is 13.6. The molecule has 2 N–H and O–H groups in total. The summed E-state index contributed by atoms with van der Waals surface area (Å²) in [6, 6.07) is 0. The van der Waals surface area contributed by atoms with E-state index in [1.807, 2.05) is 13.8 Å². The topological polar surface area (TPSA) is 67.4 Å². The molecule has 1 saturated heterocycles. The predicted molar refractivity (Wildman–Crippen MR) is 72.5 cm³/mol. The lowest BCUT2D eigenvalue weighted by molar-refractivity contribution is -0.140. The van der Waals surface area contributed by atoms with Crippen LogP contribution in [-0.4, -0.2) is 49.1 Å². The Morgan fingerprint density at radius 1 is 1.33 bits per heavy atom. The normalized spacial score (nSPS) is 23.1. The first-order chi connectivity index (χ1) is 8.49. The van der Waals surface area contributed by atoms with Gasteiger partial charge in [-0.15, -0.1) is 0 Å². The van der Waals surface area contributed by atoms with Gasteiger partial charge >= 0.3 is 11.8 Å². The summed E-state index contributed by atoms with van der Waals surface area (Å²) in [6.07, 6.45) is 0.905. The fraction of sp³-hybridized carbons (Fsp3) is 0.833. The highest BCUT2D eigenvalue weighted by Crippen LogP contribution is 2.30. The molecule has 1 atom stereocenters. The minimum atomic E-state index is -0.580. The summed E-state index contributed by atoms with van der Waals surface area (Å²) in [6.45, 7) is 4.86. The van der Waals surface area contributed by atoms with E-state index in [1.165, 1.54) is 0 Å². The molecule has 1 aliphatic heterocycles. The van der Waals surface area contributed by atoms with Crippen molar-refractivity contribution in [2.75, 3.05) is 31.7 Å². The van der Waals surface area contributed by atoms with E-state index >= 15 is 0 Å². The summed E-state index contributed by atoms with van der Waals surface area (Å²) in [7, 11) is 1.65. The smallest absolute Gasteiger partial charge is 0.309 e. The summed E-state index contributed by atoms with van der Waals surface area (Å²) >= 11 is 1.80. The van der Waals surface area contributed by atoms with Gasteiger partial charge in [-0.1, -0.05) is 13.8 Å². The summed E-state index contributed by atoms with van der Waals surface area (Å²) in [5.74, 6) is 1.07. The Morgan fingerprint density at radius 3 is 2.50 bits per heavy atom. The molecule has 0 aromatic heterocycles. The number of carbonyl (C=O) groups excluding carboxylic acids is 2. The number of carbonyl (C=O) groups is 2. The number of thioether (sulfide) groups is 1. The van der Waals surface area contributed by atoms with Crippen LogP contribution in [0, 0.1) is 5.92 Å². The zero-order valence-electron chi connectivity index (χ0n) is 11.2. The van der Waals surface area contributed by atoms with Gasteiger partial charge in [0.05, 0.1) is 5.60 Å². The fourth-order valence-electron chi connectivity index (χ4n) is 1.66. The van der Waals surface area contributed by atoms with Crippen LogP contribution in [-0.2, 0) is 14.3 Å². The molecule has 1 heterocycles. The maximum absolute atomic E-state index is 11.6. The lowest BCUT2D eigenvalue weighted by Gasteiger charge is -2.26. The van der Waals surface area contributed by atoms with Gasteiger partial charge in [-0.3, -0.25) is 9.59 Å². The molecular weight excluding hydrogens is 252 g/mol. The molecule has 0 aromatic carbocycles. The van der Waals surface area contributed by atoms with Crippen LogP contribution in [0.25, 0.3) is 0 Å². The molecular formula is C12H22N2O3S. The Balaban J connectivity index is 2.33. The van der Waals surface area contributed by atoms with Gasteiger partial charge < -0.3 is 15.4 Å². The van der Waals surface area contributed by atoms with Crippen molar-refractivity contribution in [3.8, 4) is 0 Å². The number of hydrogen-bond donors (Lipinski definition) is 2. The zero-order valence-corrected chi connectivity index (χ0v) is 12.1. The Hall–Kier alpha value is -0.750. The van der Waals surface area contributed by atoms with Crippen molar-refractivity contribution in [3.63, 3.8) is 0 Å². The van der Waals surface area contributed by atoms with Gasteiger partial charge in [0.1, 0.15) is 0 Å². The SMILES string of the molecule is COC1(CNC(=O)C(=O)NCC(C)C)CCSC1. The van der Waals surface area contributed by atoms with Gasteiger partial charge in [0.25, 0.3) is 0 Å². The van der Waals surface area contributed by atoms with Crippen molar-refractivity contribution in [1.82, 2.24) is 10.6 Å². The highest BCUT2D eigenvalue weighted by atomic mass is 32.2. The molecule has 5 nitrogen and oxygen atoms in total. The number of methoxy groups -OCH3 is 1. The number of rotatable bonds is 5. The Kier molecular flexibility index (Phi) is 5.95. The molecule has 6 heteroatoms. The van der Waals surface area contributed by atoms with E-state index in [1.54, 1.807) is 18.9 Å². The molecule has 1 rings (SSSR count). The van der Waals surface area contributed by atoms with Crippen molar-refractivity contribution in [2.24, 2.45) is 5.92 Å². The van der Waals surface area contributed by atoms with Crippen LogP contribution in [0.4, 0.5) is 0 Å². The molecule has 0 aliphatic carbocycles. The summed E-state index contributed by atoms with van der Waals surface area (Å²) in [5.41, 5.74) is -0.307. The van der Waals surface area contributed by atoms with E-state index < -0.39 is 11.8 Å². The van der Waals surface area contributed by atoms with Crippen LogP contribution in [0.3, 0.4) is 0 Å².